The Bertz CT molecular complexity index is 1170. The van der Waals surface area contributed by atoms with Crippen molar-refractivity contribution in [3.63, 3.8) is 0 Å². The van der Waals surface area contributed by atoms with Crippen LogP contribution in [0.25, 0.3) is 10.1 Å². The average Bonchev–Trinajstić information content (AvgIpc) is 3.10. The predicted molar refractivity (Wildman–Crippen MR) is 116 cm³/mol. The number of hydrogen-bond acceptors (Lipinski definition) is 7. The van der Waals surface area contributed by atoms with Crippen LogP contribution in [0.5, 0.6) is 5.75 Å². The standard InChI is InChI=1S/C21H21NO6S2/c1-3-28-21(24)19-16-6-4-5-7-17(16)29-20(19)22-18(23)12-13-30(25,26)15-10-8-14(27-2)9-11-15/h4-11H,3,12-13H2,1-2H3,(H,22,23). The molecule has 1 amide bonds. The molecular weight excluding hydrogens is 426 g/mol. The van der Waals surface area contributed by atoms with Crippen LogP contribution in [0.4, 0.5) is 5.00 Å². The number of sulfone groups is 1. The molecule has 0 aliphatic rings. The Balaban J connectivity index is 1.75. The van der Waals surface area contributed by atoms with Crippen LogP contribution in [0.1, 0.15) is 23.7 Å². The Morgan fingerprint density at radius 3 is 2.43 bits per heavy atom. The lowest BCUT2D eigenvalue weighted by molar-refractivity contribution is -0.115. The SMILES string of the molecule is CCOC(=O)c1c(NC(=O)CCS(=O)(=O)c2ccc(OC)cc2)sc2ccccc12. The zero-order valence-corrected chi connectivity index (χ0v) is 18.1. The highest BCUT2D eigenvalue weighted by Gasteiger charge is 2.22. The molecule has 0 bridgehead atoms. The molecule has 0 unspecified atom stereocenters. The number of rotatable bonds is 8. The monoisotopic (exact) mass is 447 g/mol. The minimum absolute atomic E-state index is 0.116. The van der Waals surface area contributed by atoms with Gasteiger partial charge in [0, 0.05) is 16.5 Å². The molecule has 1 heterocycles. The van der Waals surface area contributed by atoms with Crippen molar-refractivity contribution in [2.24, 2.45) is 0 Å². The van der Waals surface area contributed by atoms with Crippen LogP contribution in [-0.4, -0.2) is 39.8 Å². The van der Waals surface area contributed by atoms with Crippen molar-refractivity contribution in [2.45, 2.75) is 18.2 Å². The highest BCUT2D eigenvalue weighted by atomic mass is 32.2. The second-order valence-electron chi connectivity index (χ2n) is 6.32. The Morgan fingerprint density at radius 2 is 1.77 bits per heavy atom. The van der Waals surface area contributed by atoms with Crippen molar-refractivity contribution in [1.82, 2.24) is 0 Å². The van der Waals surface area contributed by atoms with E-state index in [9.17, 15) is 18.0 Å². The molecule has 0 saturated heterocycles. The average molecular weight is 448 g/mol. The fourth-order valence-corrected chi connectivity index (χ4v) is 5.20. The molecule has 0 fully saturated rings. The van der Waals surface area contributed by atoms with E-state index in [0.717, 1.165) is 4.70 Å². The van der Waals surface area contributed by atoms with E-state index in [-0.39, 0.29) is 29.2 Å². The minimum Gasteiger partial charge on any atom is -0.497 e. The van der Waals surface area contributed by atoms with Gasteiger partial charge in [-0.2, -0.15) is 0 Å². The summed E-state index contributed by atoms with van der Waals surface area (Å²) in [7, 11) is -2.14. The Labute approximate surface area is 178 Å². The molecule has 0 aliphatic heterocycles. The van der Waals surface area contributed by atoms with Gasteiger partial charge in [0.05, 0.1) is 24.4 Å². The van der Waals surface area contributed by atoms with Gasteiger partial charge < -0.3 is 14.8 Å². The van der Waals surface area contributed by atoms with E-state index in [1.165, 1.54) is 30.6 Å². The summed E-state index contributed by atoms with van der Waals surface area (Å²) in [5, 5.41) is 3.71. The van der Waals surface area contributed by atoms with Crippen LogP contribution in [0.3, 0.4) is 0 Å². The second kappa shape index (κ2) is 9.27. The number of benzene rings is 2. The molecule has 0 aliphatic carbocycles. The summed E-state index contributed by atoms with van der Waals surface area (Å²) in [6.07, 6.45) is -0.245. The molecule has 0 saturated carbocycles. The van der Waals surface area contributed by atoms with Crippen LogP contribution >= 0.6 is 11.3 Å². The van der Waals surface area contributed by atoms with Gasteiger partial charge in [0.1, 0.15) is 16.3 Å². The summed E-state index contributed by atoms with van der Waals surface area (Å²) in [5.74, 6) is -0.839. The third-order valence-corrected chi connectivity index (χ3v) is 7.16. The summed E-state index contributed by atoms with van der Waals surface area (Å²) in [4.78, 5) is 25.0. The van der Waals surface area contributed by atoms with Crippen molar-refractivity contribution in [3.8, 4) is 5.75 Å². The number of nitrogens with one attached hydrogen (secondary N) is 1. The molecule has 0 spiro atoms. The van der Waals surface area contributed by atoms with Crippen LogP contribution in [0.2, 0.25) is 0 Å². The number of fused-ring (bicyclic) bond motifs is 1. The lowest BCUT2D eigenvalue weighted by Gasteiger charge is -2.08. The van der Waals surface area contributed by atoms with E-state index < -0.39 is 21.7 Å². The van der Waals surface area contributed by atoms with Crippen LogP contribution in [0.15, 0.2) is 53.4 Å². The number of carbonyl (C=O) groups excluding carboxylic acids is 2. The van der Waals surface area contributed by atoms with Crippen molar-refractivity contribution < 1.29 is 27.5 Å². The van der Waals surface area contributed by atoms with Gasteiger partial charge in [0.25, 0.3) is 0 Å². The first kappa shape index (κ1) is 21.8. The summed E-state index contributed by atoms with van der Waals surface area (Å²) >= 11 is 1.24. The highest BCUT2D eigenvalue weighted by molar-refractivity contribution is 7.91. The van der Waals surface area contributed by atoms with E-state index in [4.69, 9.17) is 9.47 Å². The van der Waals surface area contributed by atoms with Gasteiger partial charge in [-0.15, -0.1) is 11.3 Å². The van der Waals surface area contributed by atoms with E-state index in [2.05, 4.69) is 5.32 Å². The number of anilines is 1. The number of amides is 1. The van der Waals surface area contributed by atoms with Gasteiger partial charge in [-0.1, -0.05) is 18.2 Å². The Kier molecular flexibility index (Phi) is 6.73. The second-order valence-corrected chi connectivity index (χ2v) is 9.48. The number of methoxy groups -OCH3 is 1. The molecule has 30 heavy (non-hydrogen) atoms. The maximum absolute atomic E-state index is 12.5. The van der Waals surface area contributed by atoms with E-state index >= 15 is 0 Å². The maximum atomic E-state index is 12.5. The van der Waals surface area contributed by atoms with Gasteiger partial charge in [-0.3, -0.25) is 4.79 Å². The molecule has 3 rings (SSSR count). The third-order valence-electron chi connectivity index (χ3n) is 4.34. The van der Waals surface area contributed by atoms with E-state index in [1.807, 2.05) is 12.1 Å². The molecule has 2 aromatic carbocycles. The van der Waals surface area contributed by atoms with E-state index in [0.29, 0.717) is 16.1 Å². The van der Waals surface area contributed by atoms with Gasteiger partial charge in [0.2, 0.25) is 5.91 Å². The predicted octanol–water partition coefficient (Wildman–Crippen LogP) is 3.89. The van der Waals surface area contributed by atoms with Crippen LogP contribution in [0, 0.1) is 0 Å². The quantitative estimate of drug-likeness (QED) is 0.526. The van der Waals surface area contributed by atoms with Gasteiger partial charge in [-0.25, -0.2) is 13.2 Å². The van der Waals surface area contributed by atoms with Crippen molar-refractivity contribution >= 4 is 48.1 Å². The van der Waals surface area contributed by atoms with Gasteiger partial charge >= 0.3 is 5.97 Å². The van der Waals surface area contributed by atoms with Crippen LogP contribution in [-0.2, 0) is 19.4 Å². The van der Waals surface area contributed by atoms with Crippen molar-refractivity contribution in [2.75, 3.05) is 24.8 Å². The number of hydrogen-bond donors (Lipinski definition) is 1. The number of carbonyl (C=O) groups is 2. The first-order valence-corrected chi connectivity index (χ1v) is 11.7. The Morgan fingerprint density at radius 1 is 1.07 bits per heavy atom. The lowest BCUT2D eigenvalue weighted by atomic mass is 10.1. The van der Waals surface area contributed by atoms with Crippen LogP contribution < -0.4 is 10.1 Å². The fourth-order valence-electron chi connectivity index (χ4n) is 2.86. The number of esters is 1. The lowest BCUT2D eigenvalue weighted by Crippen LogP contribution is -2.18. The summed E-state index contributed by atoms with van der Waals surface area (Å²) in [6.45, 7) is 1.91. The van der Waals surface area contributed by atoms with E-state index in [1.54, 1.807) is 31.2 Å². The molecule has 9 heteroatoms. The number of ether oxygens (including phenoxy) is 2. The smallest absolute Gasteiger partial charge is 0.341 e. The zero-order valence-electron chi connectivity index (χ0n) is 16.5. The molecule has 7 nitrogen and oxygen atoms in total. The Hall–Kier alpha value is -2.91. The molecule has 0 radical (unpaired) electrons. The minimum atomic E-state index is -3.64. The third kappa shape index (κ3) is 4.80. The first-order valence-electron chi connectivity index (χ1n) is 9.21. The molecular formula is C21H21NO6S2. The fraction of sp³-hybridized carbons (Fsp3) is 0.238. The summed E-state index contributed by atoms with van der Waals surface area (Å²) < 4.78 is 36.0. The van der Waals surface area contributed by atoms with Gasteiger partial charge in [-0.05, 0) is 37.3 Å². The topological polar surface area (TPSA) is 98.8 Å². The molecule has 0 atom stereocenters. The first-order chi connectivity index (χ1) is 14.4. The van der Waals surface area contributed by atoms with Crippen molar-refractivity contribution in [3.05, 3.63) is 54.1 Å². The van der Waals surface area contributed by atoms with Gasteiger partial charge in [0.15, 0.2) is 9.84 Å². The highest BCUT2D eigenvalue weighted by Crippen LogP contribution is 2.36. The molecule has 1 aromatic heterocycles. The van der Waals surface area contributed by atoms with Crippen molar-refractivity contribution in [1.29, 1.82) is 0 Å². The molecule has 158 valence electrons. The summed E-state index contributed by atoms with van der Waals surface area (Å²) in [6, 6.07) is 13.2. The maximum Gasteiger partial charge on any atom is 0.341 e. The largest absolute Gasteiger partial charge is 0.497 e. The number of thiophene rings is 1. The molecule has 3 aromatic rings. The summed E-state index contributed by atoms with van der Waals surface area (Å²) in [5.41, 5.74) is 0.281. The molecule has 1 N–H and O–H groups in total. The zero-order chi connectivity index (χ0) is 21.7. The normalized spacial score (nSPS) is 11.3.